The molecule has 1 saturated carbocycles. The molecule has 1 aromatic heterocycles. The average molecular weight is 525 g/mol. The van der Waals surface area contributed by atoms with Gasteiger partial charge in [-0.3, -0.25) is 9.69 Å². The van der Waals surface area contributed by atoms with E-state index in [2.05, 4.69) is 15.9 Å². The highest BCUT2D eigenvalue weighted by atomic mass is 79.9. The summed E-state index contributed by atoms with van der Waals surface area (Å²) in [5.74, 6) is 0.0288. The fraction of sp³-hybridized carbons (Fsp3) is 0.240. The first-order valence-corrected chi connectivity index (χ1v) is 12.8. The molecule has 0 N–H and O–H groups in total. The molecule has 2 aromatic carbocycles. The van der Waals surface area contributed by atoms with Gasteiger partial charge in [-0.05, 0) is 43.2 Å². The van der Waals surface area contributed by atoms with Crippen LogP contribution in [0.25, 0.3) is 23.0 Å². The molecule has 162 valence electrons. The van der Waals surface area contributed by atoms with Crippen LogP contribution in [0.5, 0.6) is 0 Å². The number of thiocarbonyl (C=S) groups is 1. The number of para-hydroxylation sites is 1. The fourth-order valence-corrected chi connectivity index (χ4v) is 5.97. The molecule has 3 aromatic rings. The van der Waals surface area contributed by atoms with Crippen LogP contribution in [0.4, 0.5) is 0 Å². The molecular formula is C25H22BrN3OS2. The lowest BCUT2D eigenvalue weighted by molar-refractivity contribution is -0.124. The second-order valence-electron chi connectivity index (χ2n) is 8.06. The van der Waals surface area contributed by atoms with E-state index in [9.17, 15) is 4.79 Å². The normalized spacial score (nSPS) is 18.7. The first kappa shape index (κ1) is 21.6. The third-order valence-corrected chi connectivity index (χ3v) is 7.79. The predicted molar refractivity (Wildman–Crippen MR) is 139 cm³/mol. The van der Waals surface area contributed by atoms with Crippen LogP contribution >= 0.6 is 39.9 Å². The number of carbonyl (C=O) groups excluding carboxylic acids is 1. The highest BCUT2D eigenvalue weighted by Gasteiger charge is 2.37. The molecule has 1 saturated heterocycles. The number of amides is 1. The molecule has 0 bridgehead atoms. The van der Waals surface area contributed by atoms with Gasteiger partial charge in [-0.25, -0.2) is 4.68 Å². The van der Waals surface area contributed by atoms with Crippen LogP contribution < -0.4 is 0 Å². The van der Waals surface area contributed by atoms with Crippen molar-refractivity contribution >= 4 is 56.2 Å². The minimum Gasteiger partial charge on any atom is -0.290 e. The van der Waals surface area contributed by atoms with E-state index in [0.29, 0.717) is 9.23 Å². The maximum absolute atomic E-state index is 13.3. The molecule has 0 radical (unpaired) electrons. The van der Waals surface area contributed by atoms with Gasteiger partial charge in [-0.2, -0.15) is 5.10 Å². The molecule has 2 aliphatic rings. The van der Waals surface area contributed by atoms with Gasteiger partial charge in [-0.15, -0.1) is 0 Å². The molecule has 4 nitrogen and oxygen atoms in total. The summed E-state index contributed by atoms with van der Waals surface area (Å²) in [6.45, 7) is 0. The van der Waals surface area contributed by atoms with E-state index < -0.39 is 0 Å². The predicted octanol–water partition coefficient (Wildman–Crippen LogP) is 6.84. The number of carbonyl (C=O) groups is 1. The van der Waals surface area contributed by atoms with E-state index in [1.807, 2.05) is 76.5 Å². The zero-order chi connectivity index (χ0) is 22.1. The van der Waals surface area contributed by atoms with Gasteiger partial charge in [0.25, 0.3) is 5.91 Å². The van der Waals surface area contributed by atoms with Crippen LogP contribution in [-0.4, -0.2) is 30.9 Å². The zero-order valence-electron chi connectivity index (χ0n) is 17.4. The number of halogens is 1. The highest BCUT2D eigenvalue weighted by molar-refractivity contribution is 9.10. The lowest BCUT2D eigenvalue weighted by Crippen LogP contribution is -2.39. The van der Waals surface area contributed by atoms with Crippen molar-refractivity contribution < 1.29 is 4.79 Å². The van der Waals surface area contributed by atoms with Crippen molar-refractivity contribution in [1.29, 1.82) is 0 Å². The summed E-state index contributed by atoms with van der Waals surface area (Å²) in [6.07, 6.45) is 9.59. The summed E-state index contributed by atoms with van der Waals surface area (Å²) in [4.78, 5) is 15.8. The highest BCUT2D eigenvalue weighted by Crippen LogP contribution is 2.38. The smallest absolute Gasteiger partial charge is 0.266 e. The van der Waals surface area contributed by atoms with Crippen molar-refractivity contribution in [3.63, 3.8) is 0 Å². The molecule has 2 fully saturated rings. The van der Waals surface area contributed by atoms with Gasteiger partial charge in [0, 0.05) is 27.8 Å². The van der Waals surface area contributed by atoms with E-state index in [1.54, 1.807) is 0 Å². The van der Waals surface area contributed by atoms with Crippen LogP contribution in [0.15, 0.2) is 70.2 Å². The monoisotopic (exact) mass is 523 g/mol. The van der Waals surface area contributed by atoms with Gasteiger partial charge in [-0.1, -0.05) is 89.5 Å². The van der Waals surface area contributed by atoms with Crippen molar-refractivity contribution in [3.05, 3.63) is 75.7 Å². The maximum Gasteiger partial charge on any atom is 0.266 e. The number of hydrogen-bond donors (Lipinski definition) is 0. The molecule has 0 spiro atoms. The Bertz CT molecular complexity index is 1180. The summed E-state index contributed by atoms with van der Waals surface area (Å²) >= 11 is 10.5. The van der Waals surface area contributed by atoms with Crippen LogP contribution in [0, 0.1) is 0 Å². The molecule has 1 amide bonds. The molecule has 0 atom stereocenters. The Morgan fingerprint density at radius 3 is 2.47 bits per heavy atom. The first-order valence-electron chi connectivity index (χ1n) is 10.8. The summed E-state index contributed by atoms with van der Waals surface area (Å²) in [7, 11) is 0. The third-order valence-electron chi connectivity index (χ3n) is 5.93. The minimum absolute atomic E-state index is 0.0288. The zero-order valence-corrected chi connectivity index (χ0v) is 20.6. The fourth-order valence-electron chi connectivity index (χ4n) is 4.31. The molecule has 1 aliphatic heterocycles. The van der Waals surface area contributed by atoms with E-state index >= 15 is 0 Å². The second kappa shape index (κ2) is 9.33. The molecule has 0 unspecified atom stereocenters. The van der Waals surface area contributed by atoms with Crippen molar-refractivity contribution in [2.75, 3.05) is 0 Å². The Kier molecular flexibility index (Phi) is 6.31. The van der Waals surface area contributed by atoms with Gasteiger partial charge in [0.05, 0.1) is 16.3 Å². The molecule has 1 aliphatic carbocycles. The molecule has 32 heavy (non-hydrogen) atoms. The summed E-state index contributed by atoms with van der Waals surface area (Å²) in [6, 6.07) is 18.3. The Morgan fingerprint density at radius 2 is 1.75 bits per heavy atom. The van der Waals surface area contributed by atoms with Crippen LogP contribution in [0.1, 0.15) is 37.7 Å². The molecule has 2 heterocycles. The topological polar surface area (TPSA) is 38.1 Å². The van der Waals surface area contributed by atoms with Gasteiger partial charge < -0.3 is 0 Å². The van der Waals surface area contributed by atoms with Crippen LogP contribution in [-0.2, 0) is 4.79 Å². The second-order valence-corrected chi connectivity index (χ2v) is 10.7. The minimum atomic E-state index is 0.0288. The van der Waals surface area contributed by atoms with Gasteiger partial charge in [0.2, 0.25) is 0 Å². The quantitative estimate of drug-likeness (QED) is 0.277. The number of nitrogens with zero attached hydrogens (tertiary/aromatic N) is 3. The van der Waals surface area contributed by atoms with Gasteiger partial charge in [0.1, 0.15) is 4.32 Å². The van der Waals surface area contributed by atoms with Crippen molar-refractivity contribution in [1.82, 2.24) is 14.7 Å². The number of benzene rings is 2. The number of thioether (sulfide) groups is 1. The van der Waals surface area contributed by atoms with Crippen molar-refractivity contribution in [2.45, 2.75) is 38.1 Å². The lowest BCUT2D eigenvalue weighted by Gasteiger charge is -2.29. The number of aromatic nitrogens is 2. The van der Waals surface area contributed by atoms with Crippen LogP contribution in [0.3, 0.4) is 0 Å². The van der Waals surface area contributed by atoms with E-state index in [-0.39, 0.29) is 11.9 Å². The van der Waals surface area contributed by atoms with Crippen molar-refractivity contribution in [2.24, 2.45) is 0 Å². The van der Waals surface area contributed by atoms with E-state index in [4.69, 9.17) is 17.3 Å². The Hall–Kier alpha value is -2.22. The molecule has 7 heteroatoms. The summed E-state index contributed by atoms with van der Waals surface area (Å²) in [5.41, 5.74) is 3.71. The largest absolute Gasteiger partial charge is 0.290 e. The first-order chi connectivity index (χ1) is 15.6. The molecule has 5 rings (SSSR count). The number of rotatable bonds is 4. The Balaban J connectivity index is 1.54. The average Bonchev–Trinajstić information content (AvgIpc) is 3.36. The standard InChI is InChI=1S/C25H22BrN3OS2/c26-19-13-11-17(12-14-19)23-18(16-28(27-23)20-7-3-1-4-8-20)15-22-24(30)29(25(31)32-22)21-9-5-2-6-10-21/h1,3-4,7-8,11-16,21H,2,5-6,9-10H2/b22-15+. The number of hydrogen-bond acceptors (Lipinski definition) is 4. The SMILES string of the molecule is O=C1/C(=C\c2cn(-c3ccccc3)nc2-c2ccc(Br)cc2)SC(=S)N1C1CCCCC1. The van der Waals surface area contributed by atoms with E-state index in [1.165, 1.54) is 31.0 Å². The Labute approximate surface area is 205 Å². The summed E-state index contributed by atoms with van der Waals surface area (Å²) < 4.78 is 3.55. The third kappa shape index (κ3) is 4.34. The summed E-state index contributed by atoms with van der Waals surface area (Å²) in [5, 5.41) is 4.87. The lowest BCUT2D eigenvalue weighted by atomic mass is 9.94. The van der Waals surface area contributed by atoms with E-state index in [0.717, 1.165) is 39.8 Å². The Morgan fingerprint density at radius 1 is 1.03 bits per heavy atom. The van der Waals surface area contributed by atoms with Gasteiger partial charge in [0.15, 0.2) is 0 Å². The van der Waals surface area contributed by atoms with Gasteiger partial charge >= 0.3 is 0 Å². The molecular weight excluding hydrogens is 502 g/mol. The van der Waals surface area contributed by atoms with Crippen LogP contribution in [0.2, 0.25) is 0 Å². The van der Waals surface area contributed by atoms with Crippen molar-refractivity contribution in [3.8, 4) is 16.9 Å². The maximum atomic E-state index is 13.3.